The molecule has 21 heavy (non-hydrogen) atoms. The first kappa shape index (κ1) is 14.6. The molecule has 0 aromatic heterocycles. The number of hydrogen-bond donors (Lipinski definition) is 1. The number of carboxylic acid groups (broad SMARTS) is 1. The fourth-order valence-electron chi connectivity index (χ4n) is 2.01. The predicted molar refractivity (Wildman–Crippen MR) is 79.1 cm³/mol. The lowest BCUT2D eigenvalue weighted by Crippen LogP contribution is -2.27. The number of carbonyl (C=O) groups is 2. The normalized spacial score (nSPS) is 10.0. The number of hydrogen-bond acceptors (Lipinski definition) is 3. The molecule has 0 aliphatic heterocycles. The third kappa shape index (κ3) is 3.02. The van der Waals surface area contributed by atoms with Crippen molar-refractivity contribution in [3.05, 3.63) is 59.7 Å². The van der Waals surface area contributed by atoms with E-state index in [1.165, 1.54) is 18.1 Å². The number of para-hydroxylation sites is 1. The maximum atomic E-state index is 12.5. The Morgan fingerprint density at radius 3 is 2.48 bits per heavy atom. The van der Waals surface area contributed by atoms with Crippen molar-refractivity contribution in [2.45, 2.75) is 0 Å². The summed E-state index contributed by atoms with van der Waals surface area (Å²) in [7, 11) is 3.07. The molecule has 0 fully saturated rings. The van der Waals surface area contributed by atoms with Crippen LogP contribution < -0.4 is 9.64 Å². The second-order valence-electron chi connectivity index (χ2n) is 4.42. The molecule has 1 N–H and O–H groups in total. The first-order valence-corrected chi connectivity index (χ1v) is 6.29. The largest absolute Gasteiger partial charge is 0.497 e. The van der Waals surface area contributed by atoms with E-state index in [2.05, 4.69) is 0 Å². The minimum atomic E-state index is -1.07. The molecule has 0 aliphatic carbocycles. The van der Waals surface area contributed by atoms with Crippen LogP contribution in [-0.4, -0.2) is 31.1 Å². The lowest BCUT2D eigenvalue weighted by Gasteiger charge is -2.19. The number of rotatable bonds is 4. The molecule has 5 heteroatoms. The van der Waals surface area contributed by atoms with Gasteiger partial charge in [0.15, 0.2) is 0 Å². The summed E-state index contributed by atoms with van der Waals surface area (Å²) in [6.45, 7) is 0. The summed E-state index contributed by atoms with van der Waals surface area (Å²) in [5.41, 5.74) is 0.853. The monoisotopic (exact) mass is 285 g/mol. The van der Waals surface area contributed by atoms with Crippen molar-refractivity contribution in [3.63, 3.8) is 0 Å². The van der Waals surface area contributed by atoms with Crippen LogP contribution in [0, 0.1) is 0 Å². The van der Waals surface area contributed by atoms with Crippen LogP contribution in [0.1, 0.15) is 20.7 Å². The molecule has 0 saturated heterocycles. The highest BCUT2D eigenvalue weighted by Crippen LogP contribution is 2.22. The Morgan fingerprint density at radius 2 is 1.81 bits per heavy atom. The van der Waals surface area contributed by atoms with Gasteiger partial charge in [-0.3, -0.25) is 4.79 Å². The molecule has 0 aliphatic rings. The quantitative estimate of drug-likeness (QED) is 0.937. The molecule has 0 bridgehead atoms. The van der Waals surface area contributed by atoms with Gasteiger partial charge in [0.2, 0.25) is 0 Å². The van der Waals surface area contributed by atoms with Crippen LogP contribution in [-0.2, 0) is 0 Å². The number of ether oxygens (including phenoxy) is 1. The minimum absolute atomic E-state index is 0.0799. The summed E-state index contributed by atoms with van der Waals surface area (Å²) >= 11 is 0. The van der Waals surface area contributed by atoms with E-state index in [-0.39, 0.29) is 11.5 Å². The van der Waals surface area contributed by atoms with Crippen LogP contribution in [0.4, 0.5) is 5.69 Å². The maximum absolute atomic E-state index is 12.5. The zero-order valence-corrected chi connectivity index (χ0v) is 11.7. The summed E-state index contributed by atoms with van der Waals surface area (Å²) in [5.74, 6) is -0.806. The summed E-state index contributed by atoms with van der Waals surface area (Å²) in [4.78, 5) is 25.0. The van der Waals surface area contributed by atoms with Gasteiger partial charge in [-0.05, 0) is 30.3 Å². The highest BCUT2D eigenvalue weighted by molar-refractivity contribution is 6.09. The average Bonchev–Trinajstić information content (AvgIpc) is 2.53. The first-order valence-electron chi connectivity index (χ1n) is 6.29. The van der Waals surface area contributed by atoms with Crippen molar-refractivity contribution in [3.8, 4) is 5.75 Å². The van der Waals surface area contributed by atoms with Crippen molar-refractivity contribution in [2.24, 2.45) is 0 Å². The summed E-state index contributed by atoms with van der Waals surface area (Å²) in [6.07, 6.45) is 0. The molecule has 0 saturated carbocycles. The van der Waals surface area contributed by atoms with Gasteiger partial charge in [-0.2, -0.15) is 0 Å². The van der Waals surface area contributed by atoms with E-state index in [9.17, 15) is 14.7 Å². The van der Waals surface area contributed by atoms with Gasteiger partial charge in [0.1, 0.15) is 5.75 Å². The van der Waals surface area contributed by atoms with Gasteiger partial charge in [-0.1, -0.05) is 18.2 Å². The molecular weight excluding hydrogens is 270 g/mol. The third-order valence-electron chi connectivity index (χ3n) is 3.12. The lowest BCUT2D eigenvalue weighted by atomic mass is 10.1. The Balaban J connectivity index is 2.37. The number of carbonyl (C=O) groups excluding carboxylic acids is 1. The van der Waals surface area contributed by atoms with E-state index in [0.717, 1.165) is 0 Å². The van der Waals surface area contributed by atoms with Crippen molar-refractivity contribution in [1.29, 1.82) is 0 Å². The zero-order valence-electron chi connectivity index (χ0n) is 11.7. The predicted octanol–water partition coefficient (Wildman–Crippen LogP) is 2.67. The molecule has 5 nitrogen and oxygen atoms in total. The Bertz CT molecular complexity index is 681. The van der Waals surface area contributed by atoms with Crippen LogP contribution in [0.25, 0.3) is 0 Å². The van der Waals surface area contributed by atoms with Gasteiger partial charge >= 0.3 is 5.97 Å². The molecule has 108 valence electrons. The van der Waals surface area contributed by atoms with Gasteiger partial charge in [0.05, 0.1) is 18.4 Å². The van der Waals surface area contributed by atoms with Crippen LogP contribution in [0.3, 0.4) is 0 Å². The highest BCUT2D eigenvalue weighted by Gasteiger charge is 2.19. The molecule has 0 atom stereocenters. The number of carboxylic acids is 1. The molecule has 1 amide bonds. The minimum Gasteiger partial charge on any atom is -0.497 e. The molecule has 0 radical (unpaired) electrons. The van der Waals surface area contributed by atoms with Crippen molar-refractivity contribution in [2.75, 3.05) is 19.1 Å². The Morgan fingerprint density at radius 1 is 1.10 bits per heavy atom. The molecular formula is C16H15NO4. The second kappa shape index (κ2) is 6.09. The first-order chi connectivity index (χ1) is 10.0. The average molecular weight is 285 g/mol. The van der Waals surface area contributed by atoms with E-state index in [1.807, 2.05) is 0 Å². The van der Waals surface area contributed by atoms with E-state index < -0.39 is 5.97 Å². The molecule has 2 aromatic rings. The van der Waals surface area contributed by atoms with Crippen LogP contribution >= 0.6 is 0 Å². The number of benzene rings is 2. The van der Waals surface area contributed by atoms with Gasteiger partial charge < -0.3 is 14.7 Å². The molecule has 2 aromatic carbocycles. The summed E-state index contributed by atoms with van der Waals surface area (Å²) in [5, 5.41) is 9.19. The Hall–Kier alpha value is -2.82. The topological polar surface area (TPSA) is 66.8 Å². The van der Waals surface area contributed by atoms with Gasteiger partial charge in [-0.15, -0.1) is 0 Å². The van der Waals surface area contributed by atoms with Gasteiger partial charge in [0, 0.05) is 12.6 Å². The second-order valence-corrected chi connectivity index (χ2v) is 4.42. The number of aromatic carboxylic acids is 1. The van der Waals surface area contributed by atoms with Gasteiger partial charge in [-0.25, -0.2) is 4.79 Å². The number of amides is 1. The van der Waals surface area contributed by atoms with Gasteiger partial charge in [0.25, 0.3) is 5.91 Å². The SMILES string of the molecule is COc1cccc(C(=O)N(C)c2ccccc2C(=O)O)c1. The van der Waals surface area contributed by atoms with Crippen molar-refractivity contribution in [1.82, 2.24) is 0 Å². The standard InChI is InChI=1S/C16H15NO4/c1-17(14-9-4-3-8-13(14)16(19)20)15(18)11-6-5-7-12(10-11)21-2/h3-10H,1-2H3,(H,19,20). The zero-order chi connectivity index (χ0) is 15.4. The van der Waals surface area contributed by atoms with Crippen molar-refractivity contribution >= 4 is 17.6 Å². The highest BCUT2D eigenvalue weighted by atomic mass is 16.5. The Labute approximate surface area is 122 Å². The van der Waals surface area contributed by atoms with E-state index >= 15 is 0 Å². The maximum Gasteiger partial charge on any atom is 0.337 e. The number of nitrogens with zero attached hydrogens (tertiary/aromatic N) is 1. The lowest BCUT2D eigenvalue weighted by molar-refractivity contribution is 0.0697. The molecule has 0 unspecified atom stereocenters. The third-order valence-corrected chi connectivity index (χ3v) is 3.12. The van der Waals surface area contributed by atoms with E-state index in [1.54, 1.807) is 49.5 Å². The van der Waals surface area contributed by atoms with E-state index in [4.69, 9.17) is 4.74 Å². The number of methoxy groups -OCH3 is 1. The van der Waals surface area contributed by atoms with Crippen LogP contribution in [0.15, 0.2) is 48.5 Å². The molecule has 2 rings (SSSR count). The summed E-state index contributed by atoms with van der Waals surface area (Å²) in [6, 6.07) is 13.1. The van der Waals surface area contributed by atoms with Crippen LogP contribution in [0.2, 0.25) is 0 Å². The Kier molecular flexibility index (Phi) is 4.23. The molecule has 0 heterocycles. The fraction of sp³-hybridized carbons (Fsp3) is 0.125. The smallest absolute Gasteiger partial charge is 0.337 e. The van der Waals surface area contributed by atoms with E-state index in [0.29, 0.717) is 17.0 Å². The molecule has 0 spiro atoms. The number of anilines is 1. The van der Waals surface area contributed by atoms with Crippen LogP contribution in [0.5, 0.6) is 5.75 Å². The van der Waals surface area contributed by atoms with Crippen molar-refractivity contribution < 1.29 is 19.4 Å². The summed E-state index contributed by atoms with van der Waals surface area (Å²) < 4.78 is 5.09. The fourth-order valence-corrected chi connectivity index (χ4v) is 2.01.